The molecule has 0 radical (unpaired) electrons. The standard InChI is InChI=1S/C32H38N4O3/c1-6-7-10-20-35(31(38)27-15-11-13-23-12-8-9-14-26(23)27)22-30(37)33-29-21-28(32(2,3)4)34-36(29)24-16-18-25(39-5)19-17-24/h8-9,11-19,21H,6-7,10,20,22H2,1-5H3,(H,33,37). The fraction of sp³-hybridized carbons (Fsp3) is 0.344. The van der Waals surface area contributed by atoms with Crippen molar-refractivity contribution in [2.45, 2.75) is 52.4 Å². The largest absolute Gasteiger partial charge is 0.497 e. The van der Waals surface area contributed by atoms with E-state index in [4.69, 9.17) is 9.84 Å². The number of hydrogen-bond donors (Lipinski definition) is 1. The van der Waals surface area contributed by atoms with Crippen molar-refractivity contribution in [3.8, 4) is 11.4 Å². The molecule has 1 N–H and O–H groups in total. The van der Waals surface area contributed by atoms with Crippen LogP contribution in [0, 0.1) is 0 Å². The number of ether oxygens (including phenoxy) is 1. The minimum absolute atomic E-state index is 0.0512. The van der Waals surface area contributed by atoms with Crippen molar-refractivity contribution in [1.82, 2.24) is 14.7 Å². The molecule has 4 aromatic rings. The minimum Gasteiger partial charge on any atom is -0.497 e. The van der Waals surface area contributed by atoms with Crippen LogP contribution in [0.25, 0.3) is 16.5 Å². The van der Waals surface area contributed by atoms with Gasteiger partial charge >= 0.3 is 0 Å². The molecule has 7 nitrogen and oxygen atoms in total. The van der Waals surface area contributed by atoms with Crippen LogP contribution in [0.5, 0.6) is 5.75 Å². The fourth-order valence-electron chi connectivity index (χ4n) is 4.50. The first-order valence-corrected chi connectivity index (χ1v) is 13.5. The summed E-state index contributed by atoms with van der Waals surface area (Å²) in [5.41, 5.74) is 2.04. The van der Waals surface area contributed by atoms with E-state index >= 15 is 0 Å². The normalized spacial score (nSPS) is 11.4. The Kier molecular flexibility index (Phi) is 8.69. The molecule has 0 saturated heterocycles. The van der Waals surface area contributed by atoms with Crippen LogP contribution in [0.4, 0.5) is 5.82 Å². The maximum absolute atomic E-state index is 13.7. The number of amides is 2. The average Bonchev–Trinajstić information content (AvgIpc) is 3.36. The Labute approximate surface area is 230 Å². The van der Waals surface area contributed by atoms with Gasteiger partial charge in [-0.15, -0.1) is 0 Å². The Morgan fingerprint density at radius 3 is 2.38 bits per heavy atom. The first-order valence-electron chi connectivity index (χ1n) is 13.5. The van der Waals surface area contributed by atoms with E-state index in [0.29, 0.717) is 17.9 Å². The first kappa shape index (κ1) is 27.9. The second-order valence-corrected chi connectivity index (χ2v) is 10.8. The van der Waals surface area contributed by atoms with Crippen molar-refractivity contribution in [3.63, 3.8) is 0 Å². The first-order chi connectivity index (χ1) is 18.7. The van der Waals surface area contributed by atoms with E-state index in [0.717, 1.165) is 47.2 Å². The van der Waals surface area contributed by atoms with Crippen molar-refractivity contribution in [2.24, 2.45) is 0 Å². The molecule has 0 saturated carbocycles. The van der Waals surface area contributed by atoms with Gasteiger partial charge in [0.2, 0.25) is 5.91 Å². The van der Waals surface area contributed by atoms with Crippen LogP contribution < -0.4 is 10.1 Å². The van der Waals surface area contributed by atoms with Crippen LogP contribution in [0.2, 0.25) is 0 Å². The van der Waals surface area contributed by atoms with E-state index in [9.17, 15) is 9.59 Å². The predicted octanol–water partition coefficient (Wildman–Crippen LogP) is 6.60. The van der Waals surface area contributed by atoms with Gasteiger partial charge in [0.15, 0.2) is 0 Å². The Morgan fingerprint density at radius 1 is 0.974 bits per heavy atom. The van der Waals surface area contributed by atoms with Crippen LogP contribution in [0.15, 0.2) is 72.8 Å². The molecule has 204 valence electrons. The number of anilines is 1. The van der Waals surface area contributed by atoms with Gasteiger partial charge < -0.3 is 15.0 Å². The zero-order valence-corrected chi connectivity index (χ0v) is 23.5. The van der Waals surface area contributed by atoms with Gasteiger partial charge in [-0.3, -0.25) is 9.59 Å². The summed E-state index contributed by atoms with van der Waals surface area (Å²) in [5.74, 6) is 0.885. The highest BCUT2D eigenvalue weighted by Crippen LogP contribution is 2.27. The van der Waals surface area contributed by atoms with Crippen molar-refractivity contribution in [3.05, 3.63) is 84.1 Å². The Bertz CT molecular complexity index is 1430. The molecule has 4 rings (SSSR count). The van der Waals surface area contributed by atoms with Gasteiger partial charge in [-0.1, -0.05) is 76.9 Å². The molecule has 0 bridgehead atoms. The van der Waals surface area contributed by atoms with E-state index in [2.05, 4.69) is 33.0 Å². The highest BCUT2D eigenvalue weighted by atomic mass is 16.5. The molecule has 0 aliphatic rings. The summed E-state index contributed by atoms with van der Waals surface area (Å²) in [6.45, 7) is 8.82. The van der Waals surface area contributed by atoms with Crippen LogP contribution in [-0.2, 0) is 10.2 Å². The second kappa shape index (κ2) is 12.2. The number of methoxy groups -OCH3 is 1. The topological polar surface area (TPSA) is 76.5 Å². The fourth-order valence-corrected chi connectivity index (χ4v) is 4.50. The molecule has 1 heterocycles. The Balaban J connectivity index is 1.61. The SMILES string of the molecule is CCCCCN(CC(=O)Nc1cc(C(C)(C)C)nn1-c1ccc(OC)cc1)C(=O)c1cccc2ccccc12. The predicted molar refractivity (Wildman–Crippen MR) is 157 cm³/mol. The molecular weight excluding hydrogens is 488 g/mol. The van der Waals surface area contributed by atoms with Gasteiger partial charge in [0.05, 0.1) is 18.5 Å². The van der Waals surface area contributed by atoms with Gasteiger partial charge in [0, 0.05) is 23.6 Å². The molecule has 0 fully saturated rings. The molecule has 0 atom stereocenters. The van der Waals surface area contributed by atoms with Gasteiger partial charge in [-0.05, 0) is 47.5 Å². The zero-order valence-electron chi connectivity index (χ0n) is 23.5. The average molecular weight is 527 g/mol. The highest BCUT2D eigenvalue weighted by molar-refractivity contribution is 6.08. The van der Waals surface area contributed by atoms with E-state index in [1.54, 1.807) is 16.7 Å². The molecule has 3 aromatic carbocycles. The Morgan fingerprint density at radius 2 is 1.69 bits per heavy atom. The number of rotatable bonds is 10. The second-order valence-electron chi connectivity index (χ2n) is 10.8. The summed E-state index contributed by atoms with van der Waals surface area (Å²) < 4.78 is 7.02. The lowest BCUT2D eigenvalue weighted by Crippen LogP contribution is -2.39. The third-order valence-electron chi connectivity index (χ3n) is 6.74. The van der Waals surface area contributed by atoms with Crippen molar-refractivity contribution >= 4 is 28.4 Å². The van der Waals surface area contributed by atoms with Crippen molar-refractivity contribution in [2.75, 3.05) is 25.5 Å². The van der Waals surface area contributed by atoms with Crippen molar-refractivity contribution < 1.29 is 14.3 Å². The summed E-state index contributed by atoms with van der Waals surface area (Å²) in [5, 5.41) is 9.72. The molecule has 1 aromatic heterocycles. The van der Waals surface area contributed by atoms with E-state index in [1.807, 2.05) is 72.8 Å². The quantitative estimate of drug-likeness (QED) is 0.236. The zero-order chi connectivity index (χ0) is 28.0. The van der Waals surface area contributed by atoms with Gasteiger partial charge in [0.25, 0.3) is 5.91 Å². The van der Waals surface area contributed by atoms with E-state index < -0.39 is 0 Å². The number of aromatic nitrogens is 2. The highest BCUT2D eigenvalue weighted by Gasteiger charge is 2.24. The molecular formula is C32H38N4O3. The molecule has 7 heteroatoms. The van der Waals surface area contributed by atoms with Gasteiger partial charge in [0.1, 0.15) is 18.1 Å². The number of hydrogen-bond acceptors (Lipinski definition) is 4. The molecule has 0 spiro atoms. The van der Waals surface area contributed by atoms with Crippen LogP contribution in [0.1, 0.15) is 63.0 Å². The van der Waals surface area contributed by atoms with Crippen LogP contribution in [0.3, 0.4) is 0 Å². The van der Waals surface area contributed by atoms with Gasteiger partial charge in [-0.2, -0.15) is 5.10 Å². The van der Waals surface area contributed by atoms with Crippen molar-refractivity contribution in [1.29, 1.82) is 0 Å². The number of unbranched alkanes of at least 4 members (excludes halogenated alkanes) is 2. The van der Waals surface area contributed by atoms with Crippen LogP contribution in [-0.4, -0.2) is 46.7 Å². The molecule has 0 aliphatic carbocycles. The number of benzene rings is 3. The lowest BCUT2D eigenvalue weighted by atomic mass is 9.92. The smallest absolute Gasteiger partial charge is 0.254 e. The van der Waals surface area contributed by atoms with E-state index in [1.165, 1.54) is 0 Å². The summed E-state index contributed by atoms with van der Waals surface area (Å²) in [6, 6.07) is 23.0. The third kappa shape index (κ3) is 6.66. The third-order valence-corrected chi connectivity index (χ3v) is 6.74. The maximum atomic E-state index is 13.7. The summed E-state index contributed by atoms with van der Waals surface area (Å²) in [4.78, 5) is 28.8. The summed E-state index contributed by atoms with van der Waals surface area (Å²) in [7, 11) is 1.62. The monoisotopic (exact) mass is 526 g/mol. The summed E-state index contributed by atoms with van der Waals surface area (Å²) in [6.07, 6.45) is 2.84. The molecule has 0 unspecified atom stereocenters. The van der Waals surface area contributed by atoms with E-state index in [-0.39, 0.29) is 23.8 Å². The minimum atomic E-state index is -0.268. The molecule has 2 amide bonds. The number of carbonyl (C=O) groups excluding carboxylic acids is 2. The lowest BCUT2D eigenvalue weighted by Gasteiger charge is -2.23. The number of nitrogens with one attached hydrogen (secondary N) is 1. The lowest BCUT2D eigenvalue weighted by molar-refractivity contribution is -0.117. The summed E-state index contributed by atoms with van der Waals surface area (Å²) >= 11 is 0. The maximum Gasteiger partial charge on any atom is 0.254 e. The number of nitrogens with zero attached hydrogens (tertiary/aromatic N) is 3. The van der Waals surface area contributed by atoms with Crippen LogP contribution >= 0.6 is 0 Å². The Hall–Kier alpha value is -4.13. The number of fused-ring (bicyclic) bond motifs is 1. The molecule has 0 aliphatic heterocycles. The molecule has 39 heavy (non-hydrogen) atoms. The van der Waals surface area contributed by atoms with Gasteiger partial charge in [-0.25, -0.2) is 4.68 Å². The number of carbonyl (C=O) groups is 2.